The molecule has 14 heavy (non-hydrogen) atoms. The molecule has 0 aromatic carbocycles. The van der Waals surface area contributed by atoms with Gasteiger partial charge >= 0.3 is 0 Å². The standard InChI is InChI=1S/C11H23NO2/c1-11(2)10(13)6-4-7-12(11)8-5-9-14-3/h10,13H,4-9H2,1-3H3. The van der Waals surface area contributed by atoms with E-state index in [1.54, 1.807) is 7.11 Å². The van der Waals surface area contributed by atoms with E-state index in [9.17, 15) is 5.11 Å². The molecule has 1 saturated heterocycles. The summed E-state index contributed by atoms with van der Waals surface area (Å²) in [4.78, 5) is 2.38. The SMILES string of the molecule is COCCCN1CCCC(O)C1(C)C. The maximum atomic E-state index is 9.89. The summed E-state index contributed by atoms with van der Waals surface area (Å²) in [5, 5.41) is 9.89. The molecule has 1 aliphatic rings. The number of aliphatic hydroxyl groups is 1. The van der Waals surface area contributed by atoms with Crippen molar-refractivity contribution in [1.82, 2.24) is 4.90 Å². The first-order chi connectivity index (χ1) is 6.59. The number of ether oxygens (including phenoxy) is 1. The van der Waals surface area contributed by atoms with Crippen LogP contribution in [0.15, 0.2) is 0 Å². The van der Waals surface area contributed by atoms with E-state index in [0.29, 0.717) is 0 Å². The van der Waals surface area contributed by atoms with E-state index >= 15 is 0 Å². The Labute approximate surface area is 87.1 Å². The largest absolute Gasteiger partial charge is 0.391 e. The van der Waals surface area contributed by atoms with E-state index in [1.165, 1.54) is 0 Å². The zero-order chi connectivity index (χ0) is 10.6. The minimum atomic E-state index is -0.182. The molecule has 1 aliphatic heterocycles. The third-order valence-corrected chi connectivity index (χ3v) is 3.31. The Morgan fingerprint density at radius 3 is 2.86 bits per heavy atom. The van der Waals surface area contributed by atoms with Crippen LogP contribution < -0.4 is 0 Å². The van der Waals surface area contributed by atoms with Crippen molar-refractivity contribution in [3.05, 3.63) is 0 Å². The first kappa shape index (κ1) is 12.0. The average molecular weight is 201 g/mol. The molecule has 0 spiro atoms. The predicted octanol–water partition coefficient (Wildman–Crippen LogP) is 1.26. The summed E-state index contributed by atoms with van der Waals surface area (Å²) in [5.41, 5.74) is -0.0635. The second kappa shape index (κ2) is 5.10. The molecular formula is C11H23NO2. The molecule has 0 saturated carbocycles. The highest BCUT2D eigenvalue weighted by molar-refractivity contribution is 4.92. The molecule has 0 aromatic rings. The molecule has 0 aromatic heterocycles. The second-order valence-corrected chi connectivity index (χ2v) is 4.65. The molecule has 0 amide bonds. The Kier molecular flexibility index (Phi) is 4.35. The van der Waals surface area contributed by atoms with Crippen LogP contribution in [-0.2, 0) is 4.74 Å². The molecule has 3 heteroatoms. The van der Waals surface area contributed by atoms with Gasteiger partial charge in [0.15, 0.2) is 0 Å². The molecule has 1 N–H and O–H groups in total. The summed E-state index contributed by atoms with van der Waals surface area (Å²) in [5.74, 6) is 0. The third kappa shape index (κ3) is 2.69. The highest BCUT2D eigenvalue weighted by atomic mass is 16.5. The molecule has 1 atom stereocenters. The van der Waals surface area contributed by atoms with E-state index in [-0.39, 0.29) is 11.6 Å². The van der Waals surface area contributed by atoms with Gasteiger partial charge in [0, 0.05) is 25.8 Å². The van der Waals surface area contributed by atoms with Gasteiger partial charge in [-0.3, -0.25) is 4.90 Å². The van der Waals surface area contributed by atoms with Crippen LogP contribution >= 0.6 is 0 Å². The summed E-state index contributed by atoms with van der Waals surface area (Å²) in [6.45, 7) is 7.20. The maximum absolute atomic E-state index is 9.89. The first-order valence-electron chi connectivity index (χ1n) is 5.51. The second-order valence-electron chi connectivity index (χ2n) is 4.65. The normalized spacial score (nSPS) is 27.9. The zero-order valence-corrected chi connectivity index (χ0v) is 9.62. The highest BCUT2D eigenvalue weighted by Gasteiger charge is 2.36. The lowest BCUT2D eigenvalue weighted by atomic mass is 9.87. The molecule has 0 bridgehead atoms. The number of rotatable bonds is 4. The number of aliphatic hydroxyl groups excluding tert-OH is 1. The quantitative estimate of drug-likeness (QED) is 0.695. The lowest BCUT2D eigenvalue weighted by molar-refractivity contribution is -0.0459. The molecule has 1 heterocycles. The monoisotopic (exact) mass is 201 g/mol. The van der Waals surface area contributed by atoms with Crippen molar-refractivity contribution in [1.29, 1.82) is 0 Å². The summed E-state index contributed by atoms with van der Waals surface area (Å²) in [6.07, 6.45) is 2.91. The lowest BCUT2D eigenvalue weighted by Gasteiger charge is -2.46. The van der Waals surface area contributed by atoms with Gasteiger partial charge in [-0.15, -0.1) is 0 Å². The van der Waals surface area contributed by atoms with Gasteiger partial charge in [0.25, 0.3) is 0 Å². The maximum Gasteiger partial charge on any atom is 0.0718 e. The van der Waals surface area contributed by atoms with Crippen molar-refractivity contribution in [2.75, 3.05) is 26.8 Å². The van der Waals surface area contributed by atoms with Crippen LogP contribution in [0.25, 0.3) is 0 Å². The van der Waals surface area contributed by atoms with E-state index in [0.717, 1.165) is 39.0 Å². The minimum Gasteiger partial charge on any atom is -0.391 e. The third-order valence-electron chi connectivity index (χ3n) is 3.31. The smallest absolute Gasteiger partial charge is 0.0718 e. The van der Waals surface area contributed by atoms with Crippen LogP contribution in [0.2, 0.25) is 0 Å². The summed E-state index contributed by atoms with van der Waals surface area (Å²) in [6, 6.07) is 0. The highest BCUT2D eigenvalue weighted by Crippen LogP contribution is 2.27. The summed E-state index contributed by atoms with van der Waals surface area (Å²) in [7, 11) is 1.73. The van der Waals surface area contributed by atoms with Crippen molar-refractivity contribution in [2.45, 2.75) is 44.8 Å². The molecule has 3 nitrogen and oxygen atoms in total. The topological polar surface area (TPSA) is 32.7 Å². The van der Waals surface area contributed by atoms with Crippen LogP contribution in [0.1, 0.15) is 33.1 Å². The molecule has 1 rings (SSSR count). The lowest BCUT2D eigenvalue weighted by Crippen LogP contribution is -2.56. The van der Waals surface area contributed by atoms with Crippen LogP contribution in [0.3, 0.4) is 0 Å². The number of piperidine rings is 1. The molecule has 1 fully saturated rings. The number of hydrogen-bond acceptors (Lipinski definition) is 3. The number of likely N-dealkylation sites (tertiary alicyclic amines) is 1. The van der Waals surface area contributed by atoms with Crippen LogP contribution in [0.4, 0.5) is 0 Å². The van der Waals surface area contributed by atoms with E-state index < -0.39 is 0 Å². The molecule has 0 aliphatic carbocycles. The fourth-order valence-electron chi connectivity index (χ4n) is 2.13. The predicted molar refractivity (Wildman–Crippen MR) is 57.4 cm³/mol. The summed E-state index contributed by atoms with van der Waals surface area (Å²) < 4.78 is 5.04. The van der Waals surface area contributed by atoms with Crippen LogP contribution in [-0.4, -0.2) is 48.5 Å². The van der Waals surface area contributed by atoms with Gasteiger partial charge in [-0.05, 0) is 39.7 Å². The zero-order valence-electron chi connectivity index (χ0n) is 9.62. The Morgan fingerprint density at radius 2 is 2.21 bits per heavy atom. The van der Waals surface area contributed by atoms with Gasteiger partial charge in [-0.1, -0.05) is 0 Å². The van der Waals surface area contributed by atoms with Gasteiger partial charge < -0.3 is 9.84 Å². The van der Waals surface area contributed by atoms with Crippen molar-refractivity contribution < 1.29 is 9.84 Å². The van der Waals surface area contributed by atoms with Gasteiger partial charge in [0.2, 0.25) is 0 Å². The Bertz CT molecular complexity index is 171. The fraction of sp³-hybridized carbons (Fsp3) is 1.00. The van der Waals surface area contributed by atoms with Gasteiger partial charge in [-0.25, -0.2) is 0 Å². The van der Waals surface area contributed by atoms with Crippen LogP contribution in [0.5, 0.6) is 0 Å². The Morgan fingerprint density at radius 1 is 1.50 bits per heavy atom. The van der Waals surface area contributed by atoms with Crippen molar-refractivity contribution >= 4 is 0 Å². The Balaban J connectivity index is 2.41. The fourth-order valence-corrected chi connectivity index (χ4v) is 2.13. The van der Waals surface area contributed by atoms with Gasteiger partial charge in [0.1, 0.15) is 0 Å². The van der Waals surface area contributed by atoms with Crippen molar-refractivity contribution in [3.63, 3.8) is 0 Å². The Hall–Kier alpha value is -0.120. The number of nitrogens with zero attached hydrogens (tertiary/aromatic N) is 1. The van der Waals surface area contributed by atoms with E-state index in [1.807, 2.05) is 0 Å². The van der Waals surface area contributed by atoms with E-state index in [4.69, 9.17) is 4.74 Å². The number of methoxy groups -OCH3 is 1. The van der Waals surface area contributed by atoms with Crippen molar-refractivity contribution in [2.24, 2.45) is 0 Å². The van der Waals surface area contributed by atoms with Crippen LogP contribution in [0, 0.1) is 0 Å². The first-order valence-corrected chi connectivity index (χ1v) is 5.51. The number of hydrogen-bond donors (Lipinski definition) is 1. The van der Waals surface area contributed by atoms with Crippen molar-refractivity contribution in [3.8, 4) is 0 Å². The minimum absolute atomic E-state index is 0.0635. The molecule has 1 unspecified atom stereocenters. The van der Waals surface area contributed by atoms with Gasteiger partial charge in [0.05, 0.1) is 6.10 Å². The molecular weight excluding hydrogens is 178 g/mol. The van der Waals surface area contributed by atoms with E-state index in [2.05, 4.69) is 18.7 Å². The summed E-state index contributed by atoms with van der Waals surface area (Å²) >= 11 is 0. The van der Waals surface area contributed by atoms with Gasteiger partial charge in [-0.2, -0.15) is 0 Å². The average Bonchev–Trinajstić information content (AvgIpc) is 2.13. The molecule has 84 valence electrons. The molecule has 0 radical (unpaired) electrons.